The molecule has 2 saturated carbocycles. The van der Waals surface area contributed by atoms with Crippen LogP contribution in [-0.2, 0) is 28.2 Å². The number of nitrogens with zero attached hydrogens (tertiary/aromatic N) is 4. The zero-order valence-electron chi connectivity index (χ0n) is 61.3. The molecule has 98 heavy (non-hydrogen) atoms. The van der Waals surface area contributed by atoms with Crippen LogP contribution in [0.3, 0.4) is 0 Å². The summed E-state index contributed by atoms with van der Waals surface area (Å²) in [6, 6.07) is 77.9. The molecule has 496 valence electrons. The molecule has 2 aliphatic rings. The molecule has 0 bridgehead atoms. The van der Waals surface area contributed by atoms with Gasteiger partial charge in [0.1, 0.15) is 28.2 Å². The first-order valence-electron chi connectivity index (χ1n) is 35.9. The van der Waals surface area contributed by atoms with Crippen molar-refractivity contribution in [2.24, 2.45) is 28.2 Å². The van der Waals surface area contributed by atoms with E-state index in [1.807, 2.05) is 0 Å². The van der Waals surface area contributed by atoms with Crippen LogP contribution >= 0.6 is 0 Å². The van der Waals surface area contributed by atoms with Crippen molar-refractivity contribution in [2.75, 3.05) is 0 Å². The summed E-state index contributed by atoms with van der Waals surface area (Å²) in [7, 11) is 8.57. The molecule has 0 saturated heterocycles. The van der Waals surface area contributed by atoms with Gasteiger partial charge >= 0.3 is 0 Å². The number of aromatic nitrogens is 4. The highest BCUT2D eigenvalue weighted by atomic mass is 14.9. The first-order chi connectivity index (χ1) is 47.3. The summed E-state index contributed by atoms with van der Waals surface area (Å²) in [5, 5.41) is 0. The second-order valence-electron chi connectivity index (χ2n) is 28.4. The lowest BCUT2D eigenvalue weighted by molar-refractivity contribution is -0.660. The molecule has 14 rings (SSSR count). The summed E-state index contributed by atoms with van der Waals surface area (Å²) in [5.41, 5.74) is 38.4. The van der Waals surface area contributed by atoms with Crippen LogP contribution in [0.25, 0.3) is 89.5 Å². The molecule has 4 heteroatoms. The maximum atomic E-state index is 2.44. The van der Waals surface area contributed by atoms with Crippen LogP contribution in [0, 0.1) is 76.2 Å². The van der Waals surface area contributed by atoms with Crippen LogP contribution in [-0.4, -0.2) is 0 Å². The number of benzene rings is 8. The van der Waals surface area contributed by atoms with Crippen molar-refractivity contribution >= 4 is 0 Å². The molecule has 8 aromatic carbocycles. The Bertz CT molecular complexity index is 4800. The SMILES string of the molecule is Cc1cc(-c2cc(-c3ccccc3C)ccc2C)[n+](C)cc1C.Cc1ccc(-c2cc(-c3ccccc3C)ccc2C)[n+](C)c1.Cc1ccccc1-c1ccc(C)c(-c2cc(C3CCCC3)cc[n+]2C)c1.Cc1ccccc1-c1ccc(C)c(-c2cc(C3CCCCC3)cc[n+]2C)c1. The van der Waals surface area contributed by atoms with Crippen LogP contribution < -0.4 is 18.3 Å². The average Bonchev–Trinajstić information content (AvgIpc) is 0.902. The summed E-state index contributed by atoms with van der Waals surface area (Å²) in [6.07, 6.45) is 21.2. The Hall–Kier alpha value is -9.64. The molecule has 12 aromatic rings. The second kappa shape index (κ2) is 31.7. The smallest absolute Gasteiger partial charge is 0.201 e. The van der Waals surface area contributed by atoms with E-state index in [1.165, 1.54) is 220 Å². The van der Waals surface area contributed by atoms with E-state index in [2.05, 4.69) is 360 Å². The van der Waals surface area contributed by atoms with Gasteiger partial charge in [-0.1, -0.05) is 178 Å². The maximum Gasteiger partial charge on any atom is 0.212 e. The highest BCUT2D eigenvalue weighted by Gasteiger charge is 2.24. The van der Waals surface area contributed by atoms with Gasteiger partial charge in [-0.05, 0) is 250 Å². The third-order valence-electron chi connectivity index (χ3n) is 21.2. The van der Waals surface area contributed by atoms with Gasteiger partial charge in [-0.2, -0.15) is 0 Å². The van der Waals surface area contributed by atoms with Crippen molar-refractivity contribution in [3.8, 4) is 89.5 Å². The quantitative estimate of drug-likeness (QED) is 0.121. The van der Waals surface area contributed by atoms with Crippen LogP contribution in [0.1, 0.15) is 142 Å². The topological polar surface area (TPSA) is 15.5 Å². The highest BCUT2D eigenvalue weighted by molar-refractivity contribution is 5.78. The Balaban J connectivity index is 0.000000133. The number of hydrogen-bond acceptors (Lipinski definition) is 0. The molecule has 0 aliphatic heterocycles. The summed E-state index contributed by atoms with van der Waals surface area (Å²) in [5.74, 6) is 1.48. The Morgan fingerprint density at radius 2 is 0.541 bits per heavy atom. The van der Waals surface area contributed by atoms with Gasteiger partial charge in [0.15, 0.2) is 24.8 Å². The predicted octanol–water partition coefficient (Wildman–Crippen LogP) is 22.5. The highest BCUT2D eigenvalue weighted by Crippen LogP contribution is 2.39. The minimum atomic E-state index is 0.735. The van der Waals surface area contributed by atoms with Crippen molar-refractivity contribution in [1.29, 1.82) is 0 Å². The molecule has 2 aliphatic carbocycles. The van der Waals surface area contributed by atoms with E-state index < -0.39 is 0 Å². The molecule has 4 aromatic heterocycles. The van der Waals surface area contributed by atoms with E-state index in [-0.39, 0.29) is 0 Å². The molecule has 4 nitrogen and oxygen atoms in total. The first-order valence-corrected chi connectivity index (χ1v) is 35.9. The van der Waals surface area contributed by atoms with E-state index in [9.17, 15) is 0 Å². The zero-order chi connectivity index (χ0) is 69.1. The summed E-state index contributed by atoms with van der Waals surface area (Å²) in [6.45, 7) is 24.0. The zero-order valence-corrected chi connectivity index (χ0v) is 61.3. The van der Waals surface area contributed by atoms with Crippen molar-refractivity contribution in [2.45, 2.75) is 146 Å². The number of hydrogen-bond donors (Lipinski definition) is 0. The van der Waals surface area contributed by atoms with Gasteiger partial charge in [-0.15, -0.1) is 0 Å². The maximum absolute atomic E-state index is 2.44. The van der Waals surface area contributed by atoms with Gasteiger partial charge in [0.2, 0.25) is 22.8 Å². The summed E-state index contributed by atoms with van der Waals surface area (Å²) in [4.78, 5) is 0. The van der Waals surface area contributed by atoms with Gasteiger partial charge in [-0.25, -0.2) is 18.3 Å². The van der Waals surface area contributed by atoms with Gasteiger partial charge in [0.05, 0.1) is 0 Å². The standard InChI is InChI=1S/C26H30N.C25H28N.C22H24N.C21H22N/c1-19-9-7-8-12-24(19)23-14-13-20(2)25(17-23)26-18-22(15-16-27(26)3)21-10-5-4-6-11-21;1-18-8-4-7-11-23(18)22-13-12-19(2)24(16-22)25-17-21(14-15-26(25)3)20-9-5-6-10-20;1-15-8-6-7-9-20(15)19-11-10-16(2)21(13-19)22-12-17(3)18(4)14-23(22)5;1-15-9-12-21(22(4)14-15)20-13-18(11-10-17(20)3)19-8-6-5-7-16(19)2/h7-9,12-18,21H,4-6,10-11H2,1-3H3;4,7-8,11-17,20H,5-6,9-10H2,1-3H3;6-14H,1-5H3;5-14H,1-4H3/q4*+1. The van der Waals surface area contributed by atoms with Crippen molar-refractivity contribution in [1.82, 2.24) is 0 Å². The van der Waals surface area contributed by atoms with Crippen molar-refractivity contribution in [3.63, 3.8) is 0 Å². The van der Waals surface area contributed by atoms with E-state index in [1.54, 1.807) is 0 Å². The van der Waals surface area contributed by atoms with Crippen LogP contribution in [0.2, 0.25) is 0 Å². The van der Waals surface area contributed by atoms with Crippen molar-refractivity contribution in [3.05, 3.63) is 309 Å². The molecular weight excluding hydrogens is 1190 g/mol. The Morgan fingerprint density at radius 1 is 0.235 bits per heavy atom. The summed E-state index contributed by atoms with van der Waals surface area (Å²) < 4.78 is 8.98. The largest absolute Gasteiger partial charge is 0.212 e. The monoisotopic (exact) mass is 1290 g/mol. The van der Waals surface area contributed by atoms with E-state index in [0.717, 1.165) is 11.8 Å². The first kappa shape index (κ1) is 69.7. The van der Waals surface area contributed by atoms with E-state index in [0.29, 0.717) is 0 Å². The fourth-order valence-corrected chi connectivity index (χ4v) is 14.9. The lowest BCUT2D eigenvalue weighted by Crippen LogP contribution is -2.31. The Kier molecular flexibility index (Phi) is 22.5. The minimum absolute atomic E-state index is 0.735. The molecule has 0 unspecified atom stereocenters. The van der Waals surface area contributed by atoms with Crippen LogP contribution in [0.15, 0.2) is 237 Å². The van der Waals surface area contributed by atoms with Gasteiger partial charge in [-0.3, -0.25) is 0 Å². The van der Waals surface area contributed by atoms with Gasteiger partial charge in [0.25, 0.3) is 0 Å². The predicted molar refractivity (Wildman–Crippen MR) is 413 cm³/mol. The van der Waals surface area contributed by atoms with E-state index in [4.69, 9.17) is 0 Å². The molecule has 0 radical (unpaired) electrons. The molecule has 0 amide bonds. The average molecular weight is 1290 g/mol. The molecule has 0 N–H and O–H groups in total. The fourth-order valence-electron chi connectivity index (χ4n) is 14.9. The molecule has 0 spiro atoms. The molecular formula is C94H104N4+4. The van der Waals surface area contributed by atoms with Crippen molar-refractivity contribution < 1.29 is 18.3 Å². The van der Waals surface area contributed by atoms with Crippen LogP contribution in [0.4, 0.5) is 0 Å². The molecule has 4 heterocycles. The van der Waals surface area contributed by atoms with Gasteiger partial charge in [0, 0.05) is 69.8 Å². The number of rotatable bonds is 10. The number of pyridine rings is 4. The fraction of sp³-hybridized carbons (Fsp3) is 0.277. The molecule has 2 fully saturated rings. The minimum Gasteiger partial charge on any atom is -0.201 e. The van der Waals surface area contributed by atoms with Gasteiger partial charge < -0.3 is 0 Å². The summed E-state index contributed by atoms with van der Waals surface area (Å²) >= 11 is 0. The lowest BCUT2D eigenvalue weighted by Gasteiger charge is -2.22. The van der Waals surface area contributed by atoms with Crippen LogP contribution in [0.5, 0.6) is 0 Å². The Morgan fingerprint density at radius 3 is 0.888 bits per heavy atom. The third kappa shape index (κ3) is 16.3. The van der Waals surface area contributed by atoms with E-state index >= 15 is 0 Å². The lowest BCUT2D eigenvalue weighted by atomic mass is 9.84. The third-order valence-corrected chi connectivity index (χ3v) is 21.2. The second-order valence-corrected chi connectivity index (χ2v) is 28.4. The normalized spacial score (nSPS) is 13.0. The molecule has 0 atom stereocenters. The Labute approximate surface area is 587 Å². The number of aryl methyl sites for hydroxylation is 15.